The summed E-state index contributed by atoms with van der Waals surface area (Å²) in [6.45, 7) is 5.31. The highest BCUT2D eigenvalue weighted by Gasteiger charge is 2.22. The van der Waals surface area contributed by atoms with Gasteiger partial charge in [-0.2, -0.15) is 0 Å². The third-order valence-corrected chi connectivity index (χ3v) is 6.27. The van der Waals surface area contributed by atoms with E-state index in [0.717, 1.165) is 18.4 Å². The number of ether oxygens (including phenoxy) is 1. The summed E-state index contributed by atoms with van der Waals surface area (Å²) < 4.78 is 7.23. The summed E-state index contributed by atoms with van der Waals surface area (Å²) in [5.41, 5.74) is 2.75. The summed E-state index contributed by atoms with van der Waals surface area (Å²) in [5.74, 6) is 0.777. The van der Waals surface area contributed by atoms with E-state index < -0.39 is 0 Å². The maximum absolute atomic E-state index is 12.9. The first-order valence-corrected chi connectivity index (χ1v) is 11.3. The van der Waals surface area contributed by atoms with E-state index in [9.17, 15) is 4.79 Å². The van der Waals surface area contributed by atoms with Crippen LogP contribution in [0.25, 0.3) is 11.4 Å². The fraction of sp³-hybridized carbons (Fsp3) is 0.348. The molecule has 0 aliphatic rings. The van der Waals surface area contributed by atoms with Gasteiger partial charge in [0, 0.05) is 31.4 Å². The Labute approximate surface area is 186 Å². The Morgan fingerprint density at radius 3 is 2.57 bits per heavy atom. The summed E-state index contributed by atoms with van der Waals surface area (Å²) in [6.07, 6.45) is 1.76. The highest BCUT2D eigenvalue weighted by atomic mass is 35.5. The van der Waals surface area contributed by atoms with E-state index >= 15 is 0 Å². The molecule has 7 heteroatoms. The van der Waals surface area contributed by atoms with Crippen molar-refractivity contribution in [2.24, 2.45) is 0 Å². The number of rotatable bonds is 10. The van der Waals surface area contributed by atoms with Gasteiger partial charge >= 0.3 is 0 Å². The summed E-state index contributed by atoms with van der Waals surface area (Å²) in [4.78, 5) is 12.9. The number of carbonyl (C=O) groups is 1. The van der Waals surface area contributed by atoms with Gasteiger partial charge in [-0.25, -0.2) is 0 Å². The van der Waals surface area contributed by atoms with Gasteiger partial charge in [0.15, 0.2) is 16.8 Å². The topological polar surface area (TPSA) is 57.0 Å². The number of benzene rings is 2. The maximum Gasteiger partial charge on any atom is 0.192 e. The van der Waals surface area contributed by atoms with Crippen LogP contribution in [0.2, 0.25) is 5.02 Å². The van der Waals surface area contributed by atoms with Crippen molar-refractivity contribution in [2.45, 2.75) is 43.6 Å². The smallest absolute Gasteiger partial charge is 0.192 e. The molecule has 0 bridgehead atoms. The zero-order valence-corrected chi connectivity index (χ0v) is 19.0. The van der Waals surface area contributed by atoms with Gasteiger partial charge in [-0.05, 0) is 37.5 Å². The molecule has 0 saturated heterocycles. The monoisotopic (exact) mass is 443 g/mol. The van der Waals surface area contributed by atoms with Gasteiger partial charge < -0.3 is 9.30 Å². The molecule has 1 atom stereocenters. The van der Waals surface area contributed by atoms with Crippen LogP contribution in [0.15, 0.2) is 53.7 Å². The normalized spacial score (nSPS) is 12.1. The minimum absolute atomic E-state index is 0.0772. The number of nitrogens with zero attached hydrogens (tertiary/aromatic N) is 3. The Kier molecular flexibility index (Phi) is 8.08. The van der Waals surface area contributed by atoms with Crippen molar-refractivity contribution in [2.75, 3.05) is 13.7 Å². The zero-order valence-electron chi connectivity index (χ0n) is 17.5. The van der Waals surface area contributed by atoms with E-state index in [0.29, 0.717) is 34.7 Å². The number of hydrogen-bond acceptors (Lipinski definition) is 5. The zero-order chi connectivity index (χ0) is 21.5. The van der Waals surface area contributed by atoms with Crippen LogP contribution in [-0.4, -0.2) is 39.5 Å². The van der Waals surface area contributed by atoms with Gasteiger partial charge in [0.2, 0.25) is 0 Å². The van der Waals surface area contributed by atoms with E-state index in [1.54, 1.807) is 7.11 Å². The highest BCUT2D eigenvalue weighted by Crippen LogP contribution is 2.31. The molecule has 0 aliphatic heterocycles. The van der Waals surface area contributed by atoms with Gasteiger partial charge in [0.1, 0.15) is 0 Å². The van der Waals surface area contributed by atoms with Gasteiger partial charge in [0.25, 0.3) is 0 Å². The van der Waals surface area contributed by atoms with Crippen LogP contribution in [0.5, 0.6) is 0 Å². The lowest BCUT2D eigenvalue weighted by Gasteiger charge is -2.14. The van der Waals surface area contributed by atoms with Crippen LogP contribution >= 0.6 is 23.4 Å². The third kappa shape index (κ3) is 5.31. The number of ketones is 1. The van der Waals surface area contributed by atoms with E-state index in [1.165, 1.54) is 17.3 Å². The molecule has 0 amide bonds. The quantitative estimate of drug-likeness (QED) is 0.233. The second-order valence-corrected chi connectivity index (χ2v) is 8.67. The standard InChI is InChI=1S/C23H26ClN3O2S/c1-4-17-10-12-18(13-11-17)21(28)16(2)30-23-26-25-22(27(23)14-7-15-29-3)19-8-5-6-9-20(19)24/h5-6,8-13,16H,4,7,14-15H2,1-3H3. The van der Waals surface area contributed by atoms with Crippen LogP contribution in [0.4, 0.5) is 0 Å². The SMILES string of the molecule is CCc1ccc(C(=O)C(C)Sc2nnc(-c3ccccc3Cl)n2CCCOC)cc1. The molecule has 3 aromatic rings. The second kappa shape index (κ2) is 10.8. The summed E-state index contributed by atoms with van der Waals surface area (Å²) in [6, 6.07) is 15.4. The summed E-state index contributed by atoms with van der Waals surface area (Å²) >= 11 is 7.81. The number of halogens is 1. The van der Waals surface area contributed by atoms with Crippen molar-refractivity contribution < 1.29 is 9.53 Å². The summed E-state index contributed by atoms with van der Waals surface area (Å²) in [5, 5.41) is 9.80. The lowest BCUT2D eigenvalue weighted by atomic mass is 10.1. The number of carbonyl (C=O) groups excluding carboxylic acids is 1. The van der Waals surface area contributed by atoms with Crippen LogP contribution < -0.4 is 0 Å². The lowest BCUT2D eigenvalue weighted by molar-refractivity contribution is 0.0994. The van der Waals surface area contributed by atoms with Gasteiger partial charge in [-0.3, -0.25) is 4.79 Å². The molecule has 2 aromatic carbocycles. The molecule has 3 rings (SSSR count). The first kappa shape index (κ1) is 22.5. The van der Waals surface area contributed by atoms with Gasteiger partial charge in [0.05, 0.1) is 10.3 Å². The molecule has 5 nitrogen and oxygen atoms in total. The van der Waals surface area contributed by atoms with E-state index in [4.69, 9.17) is 16.3 Å². The number of thioether (sulfide) groups is 1. The Bertz CT molecular complexity index is 988. The second-order valence-electron chi connectivity index (χ2n) is 6.96. The number of methoxy groups -OCH3 is 1. The molecule has 1 aromatic heterocycles. The average molecular weight is 444 g/mol. The minimum atomic E-state index is -0.290. The summed E-state index contributed by atoms with van der Waals surface area (Å²) in [7, 11) is 1.68. The average Bonchev–Trinajstić information content (AvgIpc) is 3.16. The minimum Gasteiger partial charge on any atom is -0.385 e. The molecule has 0 N–H and O–H groups in total. The molecular formula is C23H26ClN3O2S. The predicted molar refractivity (Wildman–Crippen MR) is 122 cm³/mol. The highest BCUT2D eigenvalue weighted by molar-refractivity contribution is 8.00. The molecule has 0 fully saturated rings. The number of aryl methyl sites for hydroxylation is 1. The number of hydrogen-bond donors (Lipinski definition) is 0. The van der Waals surface area contributed by atoms with Gasteiger partial charge in [-0.1, -0.05) is 66.7 Å². The molecule has 0 spiro atoms. The van der Waals surface area contributed by atoms with E-state index in [-0.39, 0.29) is 11.0 Å². The van der Waals surface area contributed by atoms with Crippen LogP contribution in [0.3, 0.4) is 0 Å². The van der Waals surface area contributed by atoms with Crippen LogP contribution in [-0.2, 0) is 17.7 Å². The molecule has 0 saturated carbocycles. The van der Waals surface area contributed by atoms with Gasteiger partial charge in [-0.15, -0.1) is 10.2 Å². The number of aromatic nitrogens is 3. The van der Waals surface area contributed by atoms with Crippen molar-refractivity contribution in [3.05, 3.63) is 64.7 Å². The van der Waals surface area contributed by atoms with E-state index in [2.05, 4.69) is 17.1 Å². The largest absolute Gasteiger partial charge is 0.385 e. The first-order valence-electron chi connectivity index (χ1n) is 10.0. The third-order valence-electron chi connectivity index (χ3n) is 4.86. The van der Waals surface area contributed by atoms with Crippen molar-refractivity contribution in [1.82, 2.24) is 14.8 Å². The Morgan fingerprint density at radius 2 is 1.90 bits per heavy atom. The molecule has 30 heavy (non-hydrogen) atoms. The van der Waals surface area contributed by atoms with Crippen molar-refractivity contribution in [3.63, 3.8) is 0 Å². The van der Waals surface area contributed by atoms with E-state index in [1.807, 2.05) is 60.0 Å². The van der Waals surface area contributed by atoms with Crippen LogP contribution in [0.1, 0.15) is 36.2 Å². The predicted octanol–water partition coefficient (Wildman–Crippen LogP) is 5.56. The fourth-order valence-electron chi connectivity index (χ4n) is 3.14. The fourth-order valence-corrected chi connectivity index (χ4v) is 4.31. The lowest BCUT2D eigenvalue weighted by Crippen LogP contribution is -2.15. The molecular weight excluding hydrogens is 418 g/mol. The Morgan fingerprint density at radius 1 is 1.17 bits per heavy atom. The molecule has 0 radical (unpaired) electrons. The molecule has 1 heterocycles. The molecule has 1 unspecified atom stereocenters. The maximum atomic E-state index is 12.9. The first-order chi connectivity index (χ1) is 14.5. The van der Waals surface area contributed by atoms with Crippen molar-refractivity contribution in [3.8, 4) is 11.4 Å². The van der Waals surface area contributed by atoms with Crippen molar-refractivity contribution in [1.29, 1.82) is 0 Å². The molecule has 0 aliphatic carbocycles. The number of Topliss-reactive ketones (excluding diaryl/α,β-unsaturated/α-hetero) is 1. The Hall–Kier alpha value is -2.15. The Balaban J connectivity index is 1.85. The van der Waals surface area contributed by atoms with Crippen molar-refractivity contribution >= 4 is 29.1 Å². The van der Waals surface area contributed by atoms with Crippen LogP contribution in [0, 0.1) is 0 Å². The molecule has 158 valence electrons.